The van der Waals surface area contributed by atoms with Gasteiger partial charge in [-0.05, 0) is 18.2 Å². The van der Waals surface area contributed by atoms with E-state index in [9.17, 15) is 12.3 Å². The molecule has 0 aliphatic heterocycles. The summed E-state index contributed by atoms with van der Waals surface area (Å²) in [6, 6.07) is 3.95. The third kappa shape index (κ3) is 2.92. The zero-order valence-corrected chi connectivity index (χ0v) is 9.69. The zero-order chi connectivity index (χ0) is 12.5. The molecule has 2 rings (SSSR count). The molecular formula is C8H5ClFN3O3S. The van der Waals surface area contributed by atoms with Crippen LogP contribution in [0, 0.1) is 0 Å². The Balaban J connectivity index is 2.53. The minimum Gasteiger partial charge on any atom is -0.356 e. The molecule has 0 fully saturated rings. The third-order valence-corrected chi connectivity index (χ3v) is 2.39. The Kier molecular flexibility index (Phi) is 2.99. The molecule has 0 amide bonds. The number of hydrogen-bond acceptors (Lipinski definition) is 5. The van der Waals surface area contributed by atoms with Gasteiger partial charge in [0.2, 0.25) is 0 Å². The summed E-state index contributed by atoms with van der Waals surface area (Å²) in [5, 5.41) is 7.48. The van der Waals surface area contributed by atoms with Gasteiger partial charge >= 0.3 is 10.5 Å². The van der Waals surface area contributed by atoms with Gasteiger partial charge < -0.3 is 4.18 Å². The van der Waals surface area contributed by atoms with Crippen LogP contribution in [0.5, 0.6) is 5.75 Å². The van der Waals surface area contributed by atoms with E-state index in [1.165, 1.54) is 35.3 Å². The molecule has 0 unspecified atom stereocenters. The van der Waals surface area contributed by atoms with Gasteiger partial charge in [0.05, 0.1) is 12.4 Å². The lowest BCUT2D eigenvalue weighted by Gasteiger charge is -2.07. The molecule has 9 heteroatoms. The molecule has 1 aromatic heterocycles. The third-order valence-electron chi connectivity index (χ3n) is 1.78. The summed E-state index contributed by atoms with van der Waals surface area (Å²) in [7, 11) is -5.11. The van der Waals surface area contributed by atoms with Crippen molar-refractivity contribution in [2.24, 2.45) is 0 Å². The standard InChI is InChI=1S/C8H5ClFN3O3S/c9-6-1-2-8(16-17(10,14)15)7(5-6)13-4-3-11-12-13/h1-5H. The van der Waals surface area contributed by atoms with Gasteiger partial charge in [-0.3, -0.25) is 0 Å². The summed E-state index contributed by atoms with van der Waals surface area (Å²) in [5.74, 6) is -0.234. The van der Waals surface area contributed by atoms with Crippen molar-refractivity contribution in [1.82, 2.24) is 15.0 Å². The van der Waals surface area contributed by atoms with Gasteiger partial charge in [0, 0.05) is 5.02 Å². The summed E-state index contributed by atoms with van der Waals surface area (Å²) in [5.41, 5.74) is 0.163. The van der Waals surface area contributed by atoms with E-state index < -0.39 is 10.5 Å². The maximum atomic E-state index is 12.5. The van der Waals surface area contributed by atoms with Gasteiger partial charge in [0.15, 0.2) is 5.75 Å². The molecule has 6 nitrogen and oxygen atoms in total. The average Bonchev–Trinajstić information content (AvgIpc) is 2.71. The highest BCUT2D eigenvalue weighted by atomic mass is 35.5. The van der Waals surface area contributed by atoms with Gasteiger partial charge in [-0.15, -0.1) is 5.10 Å². The molecule has 0 radical (unpaired) electrons. The SMILES string of the molecule is O=S(=O)(F)Oc1ccc(Cl)cc1-n1ccnn1. The van der Waals surface area contributed by atoms with Crippen molar-refractivity contribution < 1.29 is 16.5 Å². The van der Waals surface area contributed by atoms with Crippen LogP contribution < -0.4 is 4.18 Å². The maximum absolute atomic E-state index is 12.5. The first-order valence-corrected chi connectivity index (χ1v) is 5.95. The smallest absolute Gasteiger partial charge is 0.356 e. The van der Waals surface area contributed by atoms with Crippen molar-refractivity contribution in [2.45, 2.75) is 0 Å². The molecule has 1 heterocycles. The Morgan fingerprint density at radius 2 is 2.18 bits per heavy atom. The molecule has 90 valence electrons. The highest BCUT2D eigenvalue weighted by Gasteiger charge is 2.15. The van der Waals surface area contributed by atoms with Gasteiger partial charge in [-0.25, -0.2) is 4.68 Å². The van der Waals surface area contributed by atoms with Crippen LogP contribution in [0.2, 0.25) is 5.02 Å². The first kappa shape index (κ1) is 11.8. The quantitative estimate of drug-likeness (QED) is 0.795. The van der Waals surface area contributed by atoms with Crippen LogP contribution >= 0.6 is 11.6 Å². The number of nitrogens with zero attached hydrogens (tertiary/aromatic N) is 3. The molecule has 0 spiro atoms. The Hall–Kier alpha value is -1.67. The number of hydrogen-bond donors (Lipinski definition) is 0. The second-order valence-electron chi connectivity index (χ2n) is 2.94. The predicted molar refractivity (Wildman–Crippen MR) is 57.0 cm³/mol. The molecule has 0 saturated heterocycles. The van der Waals surface area contributed by atoms with Gasteiger partial charge in [0.1, 0.15) is 5.69 Å². The lowest BCUT2D eigenvalue weighted by atomic mass is 10.3. The number of halogens is 2. The van der Waals surface area contributed by atoms with E-state index in [1.54, 1.807) is 0 Å². The van der Waals surface area contributed by atoms with Crippen molar-refractivity contribution in [2.75, 3.05) is 0 Å². The van der Waals surface area contributed by atoms with E-state index in [1.807, 2.05) is 0 Å². The Morgan fingerprint density at radius 1 is 1.41 bits per heavy atom. The molecule has 0 bridgehead atoms. The zero-order valence-electron chi connectivity index (χ0n) is 8.12. The summed E-state index contributed by atoms with van der Waals surface area (Å²) in [6.07, 6.45) is 2.80. The molecule has 1 aromatic carbocycles. The molecule has 2 aromatic rings. The van der Waals surface area contributed by atoms with E-state index in [-0.39, 0.29) is 11.4 Å². The normalized spacial score (nSPS) is 11.4. The molecule has 0 saturated carbocycles. The lowest BCUT2D eigenvalue weighted by Crippen LogP contribution is -2.05. The fourth-order valence-electron chi connectivity index (χ4n) is 1.18. The highest BCUT2D eigenvalue weighted by Crippen LogP contribution is 2.27. The lowest BCUT2D eigenvalue weighted by molar-refractivity contribution is 0.438. The van der Waals surface area contributed by atoms with E-state index in [0.717, 1.165) is 0 Å². The van der Waals surface area contributed by atoms with E-state index in [2.05, 4.69) is 14.5 Å². The highest BCUT2D eigenvalue weighted by molar-refractivity contribution is 7.81. The van der Waals surface area contributed by atoms with Crippen LogP contribution in [0.25, 0.3) is 5.69 Å². The van der Waals surface area contributed by atoms with Crippen molar-refractivity contribution in [3.8, 4) is 11.4 Å². The average molecular weight is 278 g/mol. The molecule has 17 heavy (non-hydrogen) atoms. The largest absolute Gasteiger partial charge is 0.488 e. The van der Waals surface area contributed by atoms with Gasteiger partial charge in [0.25, 0.3) is 0 Å². The molecule has 0 N–H and O–H groups in total. The van der Waals surface area contributed by atoms with E-state index >= 15 is 0 Å². The summed E-state index contributed by atoms with van der Waals surface area (Å²) < 4.78 is 38.7. The second kappa shape index (κ2) is 4.30. The Morgan fingerprint density at radius 3 is 2.76 bits per heavy atom. The maximum Gasteiger partial charge on any atom is 0.488 e. The van der Waals surface area contributed by atoms with Crippen molar-refractivity contribution in [3.05, 3.63) is 35.6 Å². The van der Waals surface area contributed by atoms with Crippen molar-refractivity contribution in [3.63, 3.8) is 0 Å². The molecular weight excluding hydrogens is 273 g/mol. The monoisotopic (exact) mass is 277 g/mol. The van der Waals surface area contributed by atoms with Crippen LogP contribution in [-0.4, -0.2) is 23.4 Å². The Labute approximate surface area is 101 Å². The van der Waals surface area contributed by atoms with Crippen LogP contribution in [0.4, 0.5) is 3.89 Å². The van der Waals surface area contributed by atoms with Gasteiger partial charge in [-0.2, -0.15) is 8.42 Å². The summed E-state index contributed by atoms with van der Waals surface area (Å²) >= 11 is 5.74. The fraction of sp³-hybridized carbons (Fsp3) is 0. The fourth-order valence-corrected chi connectivity index (χ4v) is 1.71. The van der Waals surface area contributed by atoms with Gasteiger partial charge in [-0.1, -0.05) is 20.7 Å². The molecule has 0 aliphatic carbocycles. The van der Waals surface area contributed by atoms with Crippen molar-refractivity contribution in [1.29, 1.82) is 0 Å². The van der Waals surface area contributed by atoms with Crippen LogP contribution in [0.3, 0.4) is 0 Å². The topological polar surface area (TPSA) is 74.1 Å². The minimum atomic E-state index is -5.11. The Bertz CT molecular complexity index is 629. The number of benzene rings is 1. The van der Waals surface area contributed by atoms with Crippen LogP contribution in [0.15, 0.2) is 30.6 Å². The summed E-state index contributed by atoms with van der Waals surface area (Å²) in [6.45, 7) is 0. The number of rotatable bonds is 3. The molecule has 0 atom stereocenters. The number of aromatic nitrogens is 3. The van der Waals surface area contributed by atoms with E-state index in [0.29, 0.717) is 5.02 Å². The first-order chi connectivity index (χ1) is 7.96. The summed E-state index contributed by atoms with van der Waals surface area (Å²) in [4.78, 5) is 0. The predicted octanol–water partition coefficient (Wildman–Crippen LogP) is 1.51. The van der Waals surface area contributed by atoms with Crippen LogP contribution in [-0.2, 0) is 10.5 Å². The first-order valence-electron chi connectivity index (χ1n) is 4.26. The van der Waals surface area contributed by atoms with Crippen LogP contribution in [0.1, 0.15) is 0 Å². The molecule has 0 aliphatic rings. The second-order valence-corrected chi connectivity index (χ2v) is 4.33. The van der Waals surface area contributed by atoms with E-state index in [4.69, 9.17) is 11.6 Å². The minimum absolute atomic E-state index is 0.163. The van der Waals surface area contributed by atoms with Crippen molar-refractivity contribution >= 4 is 22.1 Å².